The number of benzene rings is 1. The van der Waals surface area contributed by atoms with Crippen LogP contribution in [-0.4, -0.2) is 29.3 Å². The Bertz CT molecular complexity index is 435. The van der Waals surface area contributed by atoms with Gasteiger partial charge >= 0.3 is 0 Å². The van der Waals surface area contributed by atoms with Crippen LogP contribution in [0.5, 0.6) is 0 Å². The van der Waals surface area contributed by atoms with E-state index in [0.29, 0.717) is 24.3 Å². The first-order chi connectivity index (χ1) is 8.13. The van der Waals surface area contributed by atoms with E-state index in [9.17, 15) is 10.1 Å². The van der Waals surface area contributed by atoms with Gasteiger partial charge in [-0.1, -0.05) is 0 Å². The van der Waals surface area contributed by atoms with Crippen LogP contribution in [0.1, 0.15) is 17.9 Å². The number of hydrogen-bond acceptors (Lipinski definition) is 5. The molecule has 1 aliphatic heterocycles. The number of nitro benzene ring substituents is 1. The van der Waals surface area contributed by atoms with Gasteiger partial charge in [0.25, 0.3) is 5.69 Å². The van der Waals surface area contributed by atoms with Crippen molar-refractivity contribution < 1.29 is 14.8 Å². The Balaban J connectivity index is 2.40. The van der Waals surface area contributed by atoms with Gasteiger partial charge < -0.3 is 15.6 Å². The quantitative estimate of drug-likeness (QED) is 0.465. The summed E-state index contributed by atoms with van der Waals surface area (Å²) >= 11 is 0. The van der Waals surface area contributed by atoms with Crippen molar-refractivity contribution in [2.24, 2.45) is 0 Å². The molecule has 17 heavy (non-hydrogen) atoms. The van der Waals surface area contributed by atoms with Crippen LogP contribution in [0, 0.1) is 10.1 Å². The van der Waals surface area contributed by atoms with Gasteiger partial charge in [0.2, 0.25) is 0 Å². The molecule has 2 atom stereocenters. The molecule has 1 heterocycles. The van der Waals surface area contributed by atoms with Crippen LogP contribution >= 0.6 is 0 Å². The molecule has 2 rings (SSSR count). The molecule has 1 fully saturated rings. The lowest BCUT2D eigenvalue weighted by Crippen LogP contribution is -2.19. The molecule has 0 aromatic heterocycles. The minimum atomic E-state index is -0.446. The van der Waals surface area contributed by atoms with Gasteiger partial charge in [0.15, 0.2) is 0 Å². The first-order valence-corrected chi connectivity index (χ1v) is 5.39. The summed E-state index contributed by atoms with van der Waals surface area (Å²) in [5.74, 6) is -0.138. The maximum atomic E-state index is 11.0. The highest BCUT2D eigenvalue weighted by Gasteiger charge is 2.33. The van der Waals surface area contributed by atoms with Crippen molar-refractivity contribution >= 4 is 11.4 Å². The topological polar surface area (TPSA) is 98.6 Å². The van der Waals surface area contributed by atoms with Gasteiger partial charge in [0, 0.05) is 29.8 Å². The maximum Gasteiger partial charge on any atom is 0.275 e. The third kappa shape index (κ3) is 2.22. The van der Waals surface area contributed by atoms with Gasteiger partial charge in [0.05, 0.1) is 17.6 Å². The van der Waals surface area contributed by atoms with Crippen molar-refractivity contribution in [1.82, 2.24) is 0 Å². The summed E-state index contributed by atoms with van der Waals surface area (Å²) < 4.78 is 5.33. The molecule has 1 aromatic carbocycles. The average molecular weight is 238 g/mol. The molecule has 92 valence electrons. The molecule has 2 unspecified atom stereocenters. The number of nitrogens with two attached hydrogens (primary N) is 1. The van der Waals surface area contributed by atoms with E-state index in [1.54, 1.807) is 12.1 Å². The van der Waals surface area contributed by atoms with Gasteiger partial charge in [0.1, 0.15) is 0 Å². The predicted molar refractivity (Wildman–Crippen MR) is 61.7 cm³/mol. The second-order valence-electron chi connectivity index (χ2n) is 4.06. The van der Waals surface area contributed by atoms with E-state index in [0.717, 1.165) is 0 Å². The van der Waals surface area contributed by atoms with Gasteiger partial charge in [-0.2, -0.15) is 0 Å². The zero-order valence-electron chi connectivity index (χ0n) is 9.20. The molecule has 1 aliphatic rings. The molecule has 0 bridgehead atoms. The summed E-state index contributed by atoms with van der Waals surface area (Å²) in [5.41, 5.74) is 6.49. The van der Waals surface area contributed by atoms with E-state index in [2.05, 4.69) is 0 Å². The number of nitrogen functional groups attached to an aromatic ring is 1. The summed E-state index contributed by atoms with van der Waals surface area (Å²) in [6, 6.07) is 4.63. The number of aliphatic hydroxyl groups excluding tert-OH is 1. The second-order valence-corrected chi connectivity index (χ2v) is 4.06. The van der Waals surface area contributed by atoms with Crippen molar-refractivity contribution in [2.75, 3.05) is 18.9 Å². The Hall–Kier alpha value is -1.66. The number of hydrogen-bond donors (Lipinski definition) is 2. The largest absolute Gasteiger partial charge is 0.399 e. The maximum absolute atomic E-state index is 11.0. The third-order valence-electron chi connectivity index (χ3n) is 3.04. The highest BCUT2D eigenvalue weighted by Crippen LogP contribution is 2.37. The summed E-state index contributed by atoms with van der Waals surface area (Å²) in [6.07, 6.45) is 0.313. The van der Waals surface area contributed by atoms with Crippen LogP contribution in [0.3, 0.4) is 0 Å². The number of rotatable bonds is 3. The van der Waals surface area contributed by atoms with Gasteiger partial charge in [-0.3, -0.25) is 10.1 Å². The minimum Gasteiger partial charge on any atom is -0.399 e. The fourth-order valence-electron chi connectivity index (χ4n) is 2.22. The lowest BCUT2D eigenvalue weighted by atomic mass is 9.91. The molecule has 1 aromatic rings. The Kier molecular flexibility index (Phi) is 3.26. The van der Waals surface area contributed by atoms with Gasteiger partial charge in [-0.25, -0.2) is 0 Å². The number of nitro groups is 1. The van der Waals surface area contributed by atoms with Crippen LogP contribution in [0.4, 0.5) is 11.4 Å². The van der Waals surface area contributed by atoms with Crippen molar-refractivity contribution in [3.63, 3.8) is 0 Å². The standard InChI is InChI=1S/C11H14N2O4/c12-7-1-2-8(10(5-7)13(15)16)9-3-4-17-11(9)6-14/h1-2,5,9,11,14H,3-4,6,12H2. The molecular formula is C11H14N2O4. The fraction of sp³-hybridized carbons (Fsp3) is 0.455. The highest BCUT2D eigenvalue weighted by atomic mass is 16.6. The monoisotopic (exact) mass is 238 g/mol. The molecule has 0 spiro atoms. The zero-order chi connectivity index (χ0) is 12.4. The lowest BCUT2D eigenvalue weighted by Gasteiger charge is -2.16. The fourth-order valence-corrected chi connectivity index (χ4v) is 2.22. The van der Waals surface area contributed by atoms with E-state index in [4.69, 9.17) is 15.6 Å². The number of nitrogens with zero attached hydrogens (tertiary/aromatic N) is 1. The number of ether oxygens (including phenoxy) is 1. The smallest absolute Gasteiger partial charge is 0.275 e. The normalized spacial score (nSPS) is 23.8. The van der Waals surface area contributed by atoms with Crippen molar-refractivity contribution in [2.45, 2.75) is 18.4 Å². The second kappa shape index (κ2) is 4.68. The number of aliphatic hydroxyl groups is 1. The molecule has 1 saturated heterocycles. The lowest BCUT2D eigenvalue weighted by molar-refractivity contribution is -0.385. The third-order valence-corrected chi connectivity index (χ3v) is 3.04. The van der Waals surface area contributed by atoms with Crippen LogP contribution < -0.4 is 5.73 Å². The van der Waals surface area contributed by atoms with Crippen molar-refractivity contribution in [3.8, 4) is 0 Å². The van der Waals surface area contributed by atoms with E-state index < -0.39 is 4.92 Å². The zero-order valence-corrected chi connectivity index (χ0v) is 9.20. The molecule has 0 saturated carbocycles. The first kappa shape index (κ1) is 11.8. The Morgan fingerprint density at radius 1 is 1.59 bits per heavy atom. The summed E-state index contributed by atoms with van der Waals surface area (Å²) in [5, 5.41) is 20.1. The Morgan fingerprint density at radius 2 is 2.35 bits per heavy atom. The van der Waals surface area contributed by atoms with Gasteiger partial charge in [-0.05, 0) is 18.6 Å². The van der Waals surface area contributed by atoms with Crippen molar-refractivity contribution in [1.29, 1.82) is 0 Å². The molecule has 0 aliphatic carbocycles. The molecule has 6 heteroatoms. The van der Waals surface area contributed by atoms with E-state index in [-0.39, 0.29) is 24.3 Å². The average Bonchev–Trinajstić information content (AvgIpc) is 2.76. The first-order valence-electron chi connectivity index (χ1n) is 5.39. The Morgan fingerprint density at radius 3 is 3.00 bits per heavy atom. The molecule has 0 amide bonds. The van der Waals surface area contributed by atoms with Crippen LogP contribution in [-0.2, 0) is 4.74 Å². The van der Waals surface area contributed by atoms with Crippen LogP contribution in [0.25, 0.3) is 0 Å². The molecular weight excluding hydrogens is 224 g/mol. The molecule has 6 nitrogen and oxygen atoms in total. The number of anilines is 1. The SMILES string of the molecule is Nc1ccc(C2CCOC2CO)c([N+](=O)[O-])c1. The van der Waals surface area contributed by atoms with E-state index in [1.807, 2.05) is 0 Å². The van der Waals surface area contributed by atoms with Crippen molar-refractivity contribution in [3.05, 3.63) is 33.9 Å². The molecule has 3 N–H and O–H groups in total. The highest BCUT2D eigenvalue weighted by molar-refractivity contribution is 5.54. The molecule has 0 radical (unpaired) electrons. The predicted octanol–water partition coefficient (Wildman–Crippen LogP) is 1.04. The van der Waals surface area contributed by atoms with Crippen LogP contribution in [0.15, 0.2) is 18.2 Å². The Labute approximate surface area is 98.2 Å². The summed E-state index contributed by atoms with van der Waals surface area (Å²) in [4.78, 5) is 10.5. The summed E-state index contributed by atoms with van der Waals surface area (Å²) in [7, 11) is 0. The minimum absolute atomic E-state index is 0.000972. The van der Waals surface area contributed by atoms with Crippen LogP contribution in [0.2, 0.25) is 0 Å². The summed E-state index contributed by atoms with van der Waals surface area (Å²) in [6.45, 7) is 0.379. The van der Waals surface area contributed by atoms with Gasteiger partial charge in [-0.15, -0.1) is 0 Å². The van der Waals surface area contributed by atoms with E-state index in [1.165, 1.54) is 6.07 Å². The van der Waals surface area contributed by atoms with E-state index >= 15 is 0 Å².